The van der Waals surface area contributed by atoms with E-state index in [0.29, 0.717) is 41.0 Å². The van der Waals surface area contributed by atoms with Gasteiger partial charge in [0.2, 0.25) is 0 Å². The molecule has 3 aromatic carbocycles. The molecule has 0 spiro atoms. The minimum Gasteiger partial charge on any atom is -0.490 e. The van der Waals surface area contributed by atoms with Gasteiger partial charge in [0.25, 0.3) is 0 Å². The van der Waals surface area contributed by atoms with Crippen LogP contribution >= 0.6 is 0 Å². The number of carbonyl (C=O) groups excluding carboxylic acids is 2. The van der Waals surface area contributed by atoms with E-state index in [4.69, 9.17) is 9.47 Å². The maximum atomic E-state index is 13.8. The SMILES string of the molecule is CC1=C(C(=O)OCCOc2ccccc2)[C@H](c2ccc(F)cc2)C2=C(C[C@H](c3ccccc3)CC2=O)N1. The average molecular weight is 498 g/mol. The van der Waals surface area contributed by atoms with E-state index in [-0.39, 0.29) is 30.7 Å². The van der Waals surface area contributed by atoms with Gasteiger partial charge in [-0.2, -0.15) is 0 Å². The highest BCUT2D eigenvalue weighted by molar-refractivity contribution is 6.04. The number of hydrogen-bond acceptors (Lipinski definition) is 5. The highest BCUT2D eigenvalue weighted by Crippen LogP contribution is 2.45. The maximum absolute atomic E-state index is 13.8. The van der Waals surface area contributed by atoms with Crippen LogP contribution in [0, 0.1) is 5.82 Å². The molecule has 1 N–H and O–H groups in total. The van der Waals surface area contributed by atoms with E-state index in [1.807, 2.05) is 67.6 Å². The molecule has 5 rings (SSSR count). The normalized spacial score (nSPS) is 19.2. The topological polar surface area (TPSA) is 64.6 Å². The third kappa shape index (κ3) is 5.33. The highest BCUT2D eigenvalue weighted by atomic mass is 19.1. The van der Waals surface area contributed by atoms with E-state index >= 15 is 0 Å². The van der Waals surface area contributed by atoms with Crippen molar-refractivity contribution in [2.75, 3.05) is 13.2 Å². The number of benzene rings is 3. The molecule has 0 bridgehead atoms. The summed E-state index contributed by atoms with van der Waals surface area (Å²) < 4.78 is 25.0. The number of nitrogens with one attached hydrogen (secondary N) is 1. The minimum absolute atomic E-state index is 0.0258. The van der Waals surface area contributed by atoms with Crippen molar-refractivity contribution in [3.63, 3.8) is 0 Å². The molecule has 0 aromatic heterocycles. The molecule has 0 unspecified atom stereocenters. The third-order valence-corrected chi connectivity index (χ3v) is 6.85. The molecular formula is C31H28FNO4. The lowest BCUT2D eigenvalue weighted by Crippen LogP contribution is -2.36. The lowest BCUT2D eigenvalue weighted by atomic mass is 9.72. The summed E-state index contributed by atoms with van der Waals surface area (Å²) in [6, 6.07) is 25.2. The van der Waals surface area contributed by atoms with Crippen molar-refractivity contribution in [3.05, 3.63) is 124 Å². The first-order valence-corrected chi connectivity index (χ1v) is 12.4. The fourth-order valence-corrected chi connectivity index (χ4v) is 5.15. The Labute approximate surface area is 215 Å². The first-order chi connectivity index (χ1) is 18.0. The highest BCUT2D eigenvalue weighted by Gasteiger charge is 2.41. The summed E-state index contributed by atoms with van der Waals surface area (Å²) in [7, 11) is 0. The van der Waals surface area contributed by atoms with Crippen LogP contribution in [0.3, 0.4) is 0 Å². The van der Waals surface area contributed by atoms with Crippen LogP contribution < -0.4 is 10.1 Å². The van der Waals surface area contributed by atoms with Crippen LogP contribution in [0.1, 0.15) is 42.7 Å². The monoisotopic (exact) mass is 497 g/mol. The van der Waals surface area contributed by atoms with E-state index < -0.39 is 11.9 Å². The number of ketones is 1. The van der Waals surface area contributed by atoms with Crippen molar-refractivity contribution in [3.8, 4) is 5.75 Å². The van der Waals surface area contributed by atoms with Gasteiger partial charge in [-0.3, -0.25) is 4.79 Å². The molecule has 0 saturated heterocycles. The van der Waals surface area contributed by atoms with Gasteiger partial charge in [0.05, 0.1) is 5.57 Å². The molecule has 188 valence electrons. The largest absolute Gasteiger partial charge is 0.490 e. The van der Waals surface area contributed by atoms with Crippen molar-refractivity contribution in [1.29, 1.82) is 0 Å². The molecule has 0 fully saturated rings. The van der Waals surface area contributed by atoms with Crippen LogP contribution in [-0.2, 0) is 14.3 Å². The fourth-order valence-electron chi connectivity index (χ4n) is 5.15. The van der Waals surface area contributed by atoms with Gasteiger partial charge in [-0.05, 0) is 54.7 Å². The Hall–Kier alpha value is -4.19. The summed E-state index contributed by atoms with van der Waals surface area (Å²) in [5.41, 5.74) is 4.12. The number of dihydropyridines is 1. The average Bonchev–Trinajstić information content (AvgIpc) is 2.91. The molecule has 5 nitrogen and oxygen atoms in total. The van der Waals surface area contributed by atoms with Gasteiger partial charge in [0.1, 0.15) is 24.8 Å². The quantitative estimate of drug-likeness (QED) is 0.330. The number of allylic oxidation sites excluding steroid dienone is 3. The summed E-state index contributed by atoms with van der Waals surface area (Å²) in [6.07, 6.45) is 0.988. The van der Waals surface area contributed by atoms with Crippen LogP contribution in [0.4, 0.5) is 4.39 Å². The van der Waals surface area contributed by atoms with Crippen LogP contribution in [0.15, 0.2) is 107 Å². The molecule has 2 aliphatic rings. The van der Waals surface area contributed by atoms with Gasteiger partial charge in [0, 0.05) is 29.3 Å². The summed E-state index contributed by atoms with van der Waals surface area (Å²) >= 11 is 0. The summed E-state index contributed by atoms with van der Waals surface area (Å²) in [6.45, 7) is 2.06. The molecule has 6 heteroatoms. The second-order valence-corrected chi connectivity index (χ2v) is 9.28. The molecule has 0 saturated carbocycles. The predicted molar refractivity (Wildman–Crippen MR) is 138 cm³/mol. The Morgan fingerprint density at radius 2 is 1.57 bits per heavy atom. The molecule has 37 heavy (non-hydrogen) atoms. The summed E-state index contributed by atoms with van der Waals surface area (Å²) in [4.78, 5) is 26.9. The van der Waals surface area contributed by atoms with Crippen molar-refractivity contribution in [2.24, 2.45) is 0 Å². The molecule has 1 heterocycles. The smallest absolute Gasteiger partial charge is 0.336 e. The minimum atomic E-state index is -0.636. The van der Waals surface area contributed by atoms with Crippen LogP contribution in [0.5, 0.6) is 5.75 Å². The lowest BCUT2D eigenvalue weighted by Gasteiger charge is -2.36. The molecule has 3 aromatic rings. The molecule has 2 atom stereocenters. The third-order valence-electron chi connectivity index (χ3n) is 6.85. The van der Waals surface area contributed by atoms with Gasteiger partial charge < -0.3 is 14.8 Å². The summed E-state index contributed by atoms with van der Waals surface area (Å²) in [5, 5.41) is 3.34. The Morgan fingerprint density at radius 1 is 0.892 bits per heavy atom. The van der Waals surface area contributed by atoms with E-state index in [1.165, 1.54) is 12.1 Å². The second kappa shape index (κ2) is 10.8. The van der Waals surface area contributed by atoms with Crippen molar-refractivity contribution in [2.45, 2.75) is 31.6 Å². The van der Waals surface area contributed by atoms with E-state index in [2.05, 4.69) is 5.32 Å². The number of halogens is 1. The van der Waals surface area contributed by atoms with Gasteiger partial charge in [-0.15, -0.1) is 0 Å². The zero-order valence-corrected chi connectivity index (χ0v) is 20.6. The molecule has 0 radical (unpaired) electrons. The fraction of sp³-hybridized carbons (Fsp3) is 0.226. The zero-order valence-electron chi connectivity index (χ0n) is 20.6. The first kappa shape index (κ1) is 24.5. The Morgan fingerprint density at radius 3 is 2.27 bits per heavy atom. The number of para-hydroxylation sites is 1. The van der Waals surface area contributed by atoms with Gasteiger partial charge >= 0.3 is 5.97 Å². The van der Waals surface area contributed by atoms with Crippen molar-refractivity contribution >= 4 is 11.8 Å². The van der Waals surface area contributed by atoms with Gasteiger partial charge in [-0.25, -0.2) is 9.18 Å². The standard InChI is InChI=1S/C31H28FNO4/c1-20-28(31(35)37-17-16-36-25-10-6-3-7-11-25)29(22-12-14-24(32)15-13-22)30-26(33-20)18-23(19-27(30)34)21-8-4-2-5-9-21/h2-15,23,29,33H,16-19H2,1H3/t23-,29-/m0/s1. The van der Waals surface area contributed by atoms with E-state index in [0.717, 1.165) is 11.3 Å². The summed E-state index contributed by atoms with van der Waals surface area (Å²) in [5.74, 6) is -0.835. The van der Waals surface area contributed by atoms with Crippen molar-refractivity contribution in [1.82, 2.24) is 5.32 Å². The number of esters is 1. The van der Waals surface area contributed by atoms with Crippen LogP contribution in [-0.4, -0.2) is 25.0 Å². The predicted octanol–water partition coefficient (Wildman–Crippen LogP) is 5.81. The van der Waals surface area contributed by atoms with Crippen LogP contribution in [0.2, 0.25) is 0 Å². The Kier molecular flexibility index (Phi) is 7.17. The van der Waals surface area contributed by atoms with Crippen molar-refractivity contribution < 1.29 is 23.5 Å². The Balaban J connectivity index is 1.41. The van der Waals surface area contributed by atoms with Gasteiger partial charge in [-0.1, -0.05) is 60.7 Å². The molecule has 1 aliphatic heterocycles. The zero-order chi connectivity index (χ0) is 25.8. The van der Waals surface area contributed by atoms with Crippen LogP contribution in [0.25, 0.3) is 0 Å². The molecule has 0 amide bonds. The number of Topliss-reactive ketones (excluding diaryl/α,β-unsaturated/α-hetero) is 1. The van der Waals surface area contributed by atoms with E-state index in [1.54, 1.807) is 12.1 Å². The number of hydrogen-bond donors (Lipinski definition) is 1. The second-order valence-electron chi connectivity index (χ2n) is 9.28. The first-order valence-electron chi connectivity index (χ1n) is 12.4. The molecular weight excluding hydrogens is 469 g/mol. The van der Waals surface area contributed by atoms with Gasteiger partial charge in [0.15, 0.2) is 5.78 Å². The molecule has 1 aliphatic carbocycles. The number of ether oxygens (including phenoxy) is 2. The van der Waals surface area contributed by atoms with E-state index in [9.17, 15) is 14.0 Å². The lowest BCUT2D eigenvalue weighted by molar-refractivity contribution is -0.140. The number of carbonyl (C=O) groups is 2. The number of rotatable bonds is 7. The Bertz CT molecular complexity index is 1350. The maximum Gasteiger partial charge on any atom is 0.336 e.